The van der Waals surface area contributed by atoms with E-state index in [0.717, 1.165) is 19.0 Å². The molecule has 0 amide bonds. The van der Waals surface area contributed by atoms with E-state index in [1.807, 2.05) is 0 Å². The van der Waals surface area contributed by atoms with Gasteiger partial charge in [0.05, 0.1) is 0 Å². The molecule has 1 aromatic rings. The summed E-state index contributed by atoms with van der Waals surface area (Å²) in [5.74, 6) is 0. The summed E-state index contributed by atoms with van der Waals surface area (Å²) in [6.45, 7) is 3.19. The van der Waals surface area contributed by atoms with Crippen LogP contribution in [0.15, 0.2) is 24.3 Å². The fraction of sp³-hybridized carbons (Fsp3) is 0.647. The first-order valence-electron chi connectivity index (χ1n) is 7.75. The lowest BCUT2D eigenvalue weighted by molar-refractivity contribution is 0.231. The van der Waals surface area contributed by atoms with Gasteiger partial charge in [-0.05, 0) is 37.4 Å². The fourth-order valence-corrected chi connectivity index (χ4v) is 3.13. The van der Waals surface area contributed by atoms with Crippen LogP contribution in [0.3, 0.4) is 0 Å². The molecule has 1 fully saturated rings. The van der Waals surface area contributed by atoms with Gasteiger partial charge in [-0.2, -0.15) is 0 Å². The monoisotopic (exact) mass is 260 g/mol. The van der Waals surface area contributed by atoms with E-state index in [1.165, 1.54) is 43.2 Å². The lowest BCUT2D eigenvalue weighted by Crippen LogP contribution is -2.35. The van der Waals surface area contributed by atoms with Crippen LogP contribution in [0.4, 0.5) is 0 Å². The number of benzene rings is 1. The topological polar surface area (TPSA) is 29.3 Å². The Morgan fingerprint density at radius 2 is 1.84 bits per heavy atom. The predicted molar refractivity (Wildman–Crippen MR) is 82.3 cm³/mol. The molecule has 2 rings (SSSR count). The second-order valence-electron chi connectivity index (χ2n) is 5.98. The van der Waals surface area contributed by atoms with Crippen molar-refractivity contribution in [2.45, 2.75) is 57.5 Å². The molecule has 0 heterocycles. The van der Waals surface area contributed by atoms with Gasteiger partial charge in [-0.1, -0.05) is 50.5 Å². The molecule has 0 radical (unpaired) electrons. The average Bonchev–Trinajstić information content (AvgIpc) is 2.94. The highest BCUT2D eigenvalue weighted by Crippen LogP contribution is 2.24. The third-order valence-corrected chi connectivity index (χ3v) is 4.38. The van der Waals surface area contributed by atoms with Crippen molar-refractivity contribution in [3.05, 3.63) is 35.4 Å². The van der Waals surface area contributed by atoms with E-state index in [0.29, 0.717) is 0 Å². The molecule has 106 valence electrons. The van der Waals surface area contributed by atoms with Crippen molar-refractivity contribution in [2.24, 2.45) is 5.73 Å². The standard InChI is InChI=1S/C17H28N2/c1-3-6-14-9-11-15(12-10-14)17(18)13-19(2)16-7-4-5-8-16/h9-12,16-17H,3-8,13,18H2,1-2H3. The second-order valence-corrected chi connectivity index (χ2v) is 5.98. The minimum atomic E-state index is 0.140. The van der Waals surface area contributed by atoms with Crippen LogP contribution in [-0.2, 0) is 6.42 Å². The maximum atomic E-state index is 6.35. The first-order valence-corrected chi connectivity index (χ1v) is 7.75. The lowest BCUT2D eigenvalue weighted by Gasteiger charge is -2.27. The van der Waals surface area contributed by atoms with Gasteiger partial charge in [0, 0.05) is 18.6 Å². The van der Waals surface area contributed by atoms with E-state index in [1.54, 1.807) is 0 Å². The van der Waals surface area contributed by atoms with E-state index in [9.17, 15) is 0 Å². The highest BCUT2D eigenvalue weighted by molar-refractivity contribution is 5.25. The maximum Gasteiger partial charge on any atom is 0.0424 e. The van der Waals surface area contributed by atoms with Crippen LogP contribution < -0.4 is 5.73 Å². The Bertz CT molecular complexity index is 365. The highest BCUT2D eigenvalue weighted by Gasteiger charge is 2.21. The molecule has 0 aromatic heterocycles. The zero-order valence-corrected chi connectivity index (χ0v) is 12.4. The van der Waals surface area contributed by atoms with E-state index in [4.69, 9.17) is 5.73 Å². The minimum absolute atomic E-state index is 0.140. The van der Waals surface area contributed by atoms with Crippen LogP contribution in [0, 0.1) is 0 Å². The zero-order chi connectivity index (χ0) is 13.7. The van der Waals surface area contributed by atoms with E-state index >= 15 is 0 Å². The smallest absolute Gasteiger partial charge is 0.0424 e. The molecule has 0 bridgehead atoms. The Labute approximate surface area is 118 Å². The van der Waals surface area contributed by atoms with Crippen molar-refractivity contribution in [2.75, 3.05) is 13.6 Å². The van der Waals surface area contributed by atoms with E-state index in [-0.39, 0.29) is 6.04 Å². The SMILES string of the molecule is CCCc1ccc(C(N)CN(C)C2CCCC2)cc1. The van der Waals surface area contributed by atoms with Crippen LogP contribution in [-0.4, -0.2) is 24.5 Å². The summed E-state index contributed by atoms with van der Waals surface area (Å²) in [6.07, 6.45) is 7.83. The van der Waals surface area contributed by atoms with Gasteiger partial charge in [-0.15, -0.1) is 0 Å². The van der Waals surface area contributed by atoms with Gasteiger partial charge in [0.15, 0.2) is 0 Å². The quantitative estimate of drug-likeness (QED) is 0.848. The summed E-state index contributed by atoms with van der Waals surface area (Å²) in [6, 6.07) is 9.77. The molecule has 0 saturated heterocycles. The normalized spacial score (nSPS) is 18.1. The number of hydrogen-bond acceptors (Lipinski definition) is 2. The molecule has 0 spiro atoms. The van der Waals surface area contributed by atoms with Crippen molar-refractivity contribution in [3.8, 4) is 0 Å². The van der Waals surface area contributed by atoms with Crippen LogP contribution >= 0.6 is 0 Å². The molecule has 19 heavy (non-hydrogen) atoms. The van der Waals surface area contributed by atoms with Crippen molar-refractivity contribution in [1.82, 2.24) is 4.90 Å². The highest BCUT2D eigenvalue weighted by atomic mass is 15.1. The summed E-state index contributed by atoms with van der Waals surface area (Å²) in [5, 5.41) is 0. The van der Waals surface area contributed by atoms with Crippen molar-refractivity contribution in [3.63, 3.8) is 0 Å². The molecule has 1 unspecified atom stereocenters. The van der Waals surface area contributed by atoms with Gasteiger partial charge in [-0.3, -0.25) is 0 Å². The van der Waals surface area contributed by atoms with Crippen LogP contribution in [0.25, 0.3) is 0 Å². The van der Waals surface area contributed by atoms with E-state index in [2.05, 4.69) is 43.1 Å². The van der Waals surface area contributed by atoms with Crippen LogP contribution in [0.5, 0.6) is 0 Å². The third kappa shape index (κ3) is 4.05. The molecule has 2 heteroatoms. The van der Waals surface area contributed by atoms with Gasteiger partial charge in [0.1, 0.15) is 0 Å². The number of nitrogens with zero attached hydrogens (tertiary/aromatic N) is 1. The van der Waals surface area contributed by atoms with Crippen molar-refractivity contribution in [1.29, 1.82) is 0 Å². The zero-order valence-electron chi connectivity index (χ0n) is 12.4. The Morgan fingerprint density at radius 3 is 2.42 bits per heavy atom. The molecule has 1 aliphatic carbocycles. The van der Waals surface area contributed by atoms with Crippen LogP contribution in [0.2, 0.25) is 0 Å². The minimum Gasteiger partial charge on any atom is -0.323 e. The summed E-state index contributed by atoms with van der Waals surface area (Å²) in [7, 11) is 2.22. The summed E-state index contributed by atoms with van der Waals surface area (Å²) in [4.78, 5) is 2.46. The Hall–Kier alpha value is -0.860. The summed E-state index contributed by atoms with van der Waals surface area (Å²) in [5.41, 5.74) is 9.03. The molecule has 2 N–H and O–H groups in total. The number of nitrogens with two attached hydrogens (primary N) is 1. The van der Waals surface area contributed by atoms with Gasteiger partial charge < -0.3 is 10.6 Å². The molecule has 1 aromatic carbocycles. The van der Waals surface area contributed by atoms with Gasteiger partial charge >= 0.3 is 0 Å². The Morgan fingerprint density at radius 1 is 1.21 bits per heavy atom. The molecule has 1 saturated carbocycles. The number of aryl methyl sites for hydroxylation is 1. The largest absolute Gasteiger partial charge is 0.323 e. The third-order valence-electron chi connectivity index (χ3n) is 4.38. The maximum absolute atomic E-state index is 6.35. The van der Waals surface area contributed by atoms with Crippen molar-refractivity contribution < 1.29 is 0 Å². The summed E-state index contributed by atoms with van der Waals surface area (Å²) < 4.78 is 0. The lowest BCUT2D eigenvalue weighted by atomic mass is 10.0. The number of hydrogen-bond donors (Lipinski definition) is 1. The van der Waals surface area contributed by atoms with Gasteiger partial charge in [0.2, 0.25) is 0 Å². The molecule has 2 nitrogen and oxygen atoms in total. The summed E-state index contributed by atoms with van der Waals surface area (Å²) >= 11 is 0. The first-order chi connectivity index (χ1) is 9.20. The van der Waals surface area contributed by atoms with Crippen molar-refractivity contribution >= 4 is 0 Å². The number of rotatable bonds is 6. The Balaban J connectivity index is 1.89. The average molecular weight is 260 g/mol. The predicted octanol–water partition coefficient (Wildman–Crippen LogP) is 3.51. The molecule has 1 aliphatic rings. The second kappa shape index (κ2) is 7.06. The molecular weight excluding hydrogens is 232 g/mol. The van der Waals surface area contributed by atoms with Crippen LogP contribution in [0.1, 0.15) is 56.2 Å². The molecular formula is C17H28N2. The fourth-order valence-electron chi connectivity index (χ4n) is 3.13. The number of likely N-dealkylation sites (N-methyl/N-ethyl adjacent to an activating group) is 1. The first kappa shape index (κ1) is 14.5. The molecule has 0 aliphatic heterocycles. The molecule has 1 atom stereocenters. The Kier molecular flexibility index (Phi) is 5.41. The van der Waals surface area contributed by atoms with E-state index < -0.39 is 0 Å². The van der Waals surface area contributed by atoms with Gasteiger partial charge in [-0.25, -0.2) is 0 Å². The van der Waals surface area contributed by atoms with Gasteiger partial charge in [0.25, 0.3) is 0 Å².